The summed E-state index contributed by atoms with van der Waals surface area (Å²) in [4.78, 5) is 47.2. The fraction of sp³-hybridized carbons (Fsp3) is 0.316. The maximum Gasteiger partial charge on any atom is 0.323 e. The van der Waals surface area contributed by atoms with Crippen molar-refractivity contribution in [1.29, 1.82) is 0 Å². The number of methoxy groups -OCH3 is 1. The highest BCUT2D eigenvalue weighted by atomic mass is 32.2. The Kier molecular flexibility index (Phi) is 9.67. The second-order valence-electron chi connectivity index (χ2n) is 13.5. The molecule has 5 aromatic rings. The Morgan fingerprint density at radius 1 is 0.918 bits per heavy atom. The van der Waals surface area contributed by atoms with Crippen LogP contribution in [0.4, 0.5) is 33.2 Å². The molecule has 1 aliphatic rings. The number of aromatic nitrogens is 1. The summed E-state index contributed by atoms with van der Waals surface area (Å²) in [6, 6.07) is 19.4. The molecule has 0 radical (unpaired) electrons. The average Bonchev–Trinajstić information content (AvgIpc) is 3.08. The van der Waals surface area contributed by atoms with Crippen LogP contribution in [0.3, 0.4) is 0 Å². The second-order valence-corrected chi connectivity index (χ2v) is 14.7. The molecule has 3 N–H and O–H groups in total. The van der Waals surface area contributed by atoms with E-state index in [1.807, 2.05) is 66.5 Å². The van der Waals surface area contributed by atoms with Crippen molar-refractivity contribution >= 4 is 57.0 Å². The van der Waals surface area contributed by atoms with Gasteiger partial charge in [0.05, 0.1) is 29.9 Å². The predicted octanol–water partition coefficient (Wildman–Crippen LogP) is 6.81. The van der Waals surface area contributed by atoms with E-state index in [0.29, 0.717) is 28.5 Å². The summed E-state index contributed by atoms with van der Waals surface area (Å²) >= 11 is 2.00. The number of nitrogens with one attached hydrogen (secondary N) is 3. The molecule has 1 aliphatic heterocycles. The Labute approximate surface area is 290 Å². The van der Waals surface area contributed by atoms with Gasteiger partial charge in [-0.3, -0.25) is 19.5 Å². The number of carbonyl (C=O) groups excluding carboxylic acids is 1. The van der Waals surface area contributed by atoms with Crippen molar-refractivity contribution in [2.24, 2.45) is 0 Å². The Morgan fingerprint density at radius 2 is 1.61 bits per heavy atom. The van der Waals surface area contributed by atoms with Crippen LogP contribution in [-0.2, 0) is 12.0 Å². The van der Waals surface area contributed by atoms with E-state index in [0.717, 1.165) is 52.8 Å². The Hall–Kier alpha value is -4.87. The molecule has 2 amide bonds. The molecule has 1 aromatic heterocycles. The molecule has 0 atom stereocenters. The number of rotatable bonds is 9. The van der Waals surface area contributed by atoms with Crippen LogP contribution in [0.25, 0.3) is 21.9 Å². The molecule has 49 heavy (non-hydrogen) atoms. The fourth-order valence-electron chi connectivity index (χ4n) is 6.13. The van der Waals surface area contributed by atoms with E-state index in [2.05, 4.69) is 53.8 Å². The smallest absolute Gasteiger partial charge is 0.323 e. The summed E-state index contributed by atoms with van der Waals surface area (Å²) in [6.45, 7) is 9.19. The number of anilines is 5. The Morgan fingerprint density at radius 3 is 2.27 bits per heavy atom. The quantitative estimate of drug-likeness (QED) is 0.145. The van der Waals surface area contributed by atoms with Gasteiger partial charge in [-0.25, -0.2) is 4.79 Å². The highest BCUT2D eigenvalue weighted by Crippen LogP contribution is 2.41. The van der Waals surface area contributed by atoms with Gasteiger partial charge in [-0.1, -0.05) is 57.2 Å². The molecule has 0 saturated carbocycles. The maximum atomic E-state index is 13.6. The van der Waals surface area contributed by atoms with Gasteiger partial charge in [0.15, 0.2) is 5.75 Å². The third kappa shape index (κ3) is 7.13. The van der Waals surface area contributed by atoms with Crippen LogP contribution in [0.15, 0.2) is 76.4 Å². The third-order valence-electron chi connectivity index (χ3n) is 8.80. The number of amides is 2. The van der Waals surface area contributed by atoms with Crippen molar-refractivity contribution in [3.8, 4) is 16.9 Å². The molecule has 0 bridgehead atoms. The topological polar surface area (TPSA) is 116 Å². The van der Waals surface area contributed by atoms with Crippen molar-refractivity contribution in [1.82, 2.24) is 9.88 Å². The molecule has 4 aromatic carbocycles. The molecule has 11 heteroatoms. The van der Waals surface area contributed by atoms with E-state index >= 15 is 0 Å². The van der Waals surface area contributed by atoms with Gasteiger partial charge in [-0.2, -0.15) is 11.8 Å². The fourth-order valence-corrected chi connectivity index (χ4v) is 7.10. The van der Waals surface area contributed by atoms with Crippen LogP contribution in [0.5, 0.6) is 5.75 Å². The van der Waals surface area contributed by atoms with Crippen molar-refractivity contribution in [2.75, 3.05) is 66.7 Å². The number of nitrogens with zero attached hydrogens (tertiary/aromatic N) is 3. The van der Waals surface area contributed by atoms with E-state index in [4.69, 9.17) is 9.72 Å². The number of carbonyl (C=O) groups is 1. The summed E-state index contributed by atoms with van der Waals surface area (Å²) in [5, 5.41) is 11.0. The second kappa shape index (κ2) is 13.9. The van der Waals surface area contributed by atoms with Crippen LogP contribution in [0, 0.1) is 0 Å². The lowest BCUT2D eigenvalue weighted by Crippen LogP contribution is -2.39. The first-order valence-corrected chi connectivity index (χ1v) is 17.5. The molecule has 254 valence electrons. The minimum atomic E-state index is -0.599. The van der Waals surface area contributed by atoms with E-state index in [1.165, 1.54) is 18.6 Å². The molecule has 6 rings (SSSR count). The molecular formula is C38H42N6O4S. The highest BCUT2D eigenvalue weighted by molar-refractivity contribution is 7.99. The summed E-state index contributed by atoms with van der Waals surface area (Å²) in [5.41, 5.74) is 4.53. The standard InChI is InChI=1S/C38H42N6O4S/c1-38(2,3)24-19-30(40-32-33(43(4)5)35(46)34(32)45)36(48-6)31(20-24)42-37(47)41-29-14-13-26(27-9-7-8-10-28(27)29)23-11-12-25(39-21-23)22-44-15-17-49-18-16-44/h7-14,19-21,40H,15-18,22H2,1-6H3,(H2,41,42,47). The largest absolute Gasteiger partial charge is 0.492 e. The van der Waals surface area contributed by atoms with Crippen LogP contribution in [-0.4, -0.2) is 61.7 Å². The Bertz CT molecular complexity index is 2070. The zero-order chi connectivity index (χ0) is 34.9. The first kappa shape index (κ1) is 34.0. The van der Waals surface area contributed by atoms with Crippen LogP contribution >= 0.6 is 11.8 Å². The van der Waals surface area contributed by atoms with Gasteiger partial charge in [0.2, 0.25) is 0 Å². The van der Waals surface area contributed by atoms with Gasteiger partial charge in [-0.15, -0.1) is 0 Å². The summed E-state index contributed by atoms with van der Waals surface area (Å²) in [7, 11) is 4.91. The molecule has 0 unspecified atom stereocenters. The van der Waals surface area contributed by atoms with E-state index in [-0.39, 0.29) is 11.1 Å². The van der Waals surface area contributed by atoms with Gasteiger partial charge in [0.1, 0.15) is 11.4 Å². The number of benzene rings is 3. The van der Waals surface area contributed by atoms with Crippen LogP contribution in [0.2, 0.25) is 0 Å². The zero-order valence-electron chi connectivity index (χ0n) is 28.8. The SMILES string of the molecule is COc1c(NC(=O)Nc2ccc(-c3ccc(CN4CCSCC4)nc3)c3ccccc23)cc(C(C)(C)C)cc1Nc1c(N(C)C)c(=O)c1=O. The first-order chi connectivity index (χ1) is 23.4. The number of fused-ring (bicyclic) bond motifs is 1. The maximum absolute atomic E-state index is 13.6. The number of hydrogen-bond donors (Lipinski definition) is 3. The van der Waals surface area contributed by atoms with E-state index in [1.54, 1.807) is 19.0 Å². The lowest BCUT2D eigenvalue weighted by Gasteiger charge is -2.25. The van der Waals surface area contributed by atoms with Crippen molar-refractivity contribution in [3.63, 3.8) is 0 Å². The molecule has 0 spiro atoms. The molecule has 10 nitrogen and oxygen atoms in total. The van der Waals surface area contributed by atoms with Gasteiger partial charge in [-0.05, 0) is 46.2 Å². The molecular weight excluding hydrogens is 637 g/mol. The summed E-state index contributed by atoms with van der Waals surface area (Å²) in [5.74, 6) is 2.66. The highest BCUT2D eigenvalue weighted by Gasteiger charge is 2.26. The number of hydrogen-bond acceptors (Lipinski definition) is 9. The minimum Gasteiger partial charge on any atom is -0.492 e. The van der Waals surface area contributed by atoms with E-state index < -0.39 is 16.9 Å². The van der Waals surface area contributed by atoms with Gasteiger partial charge < -0.3 is 25.6 Å². The normalized spacial score (nSPS) is 13.8. The molecule has 1 saturated heterocycles. The zero-order valence-corrected chi connectivity index (χ0v) is 29.6. The number of ether oxygens (including phenoxy) is 1. The first-order valence-electron chi connectivity index (χ1n) is 16.3. The van der Waals surface area contributed by atoms with Gasteiger partial charge in [0, 0.05) is 62.4 Å². The molecule has 1 fully saturated rings. The summed E-state index contributed by atoms with van der Waals surface area (Å²) < 4.78 is 5.76. The molecule has 0 aliphatic carbocycles. The lowest BCUT2D eigenvalue weighted by atomic mass is 9.86. The third-order valence-corrected chi connectivity index (χ3v) is 9.74. The van der Waals surface area contributed by atoms with Crippen molar-refractivity contribution in [2.45, 2.75) is 32.7 Å². The number of pyridine rings is 1. The van der Waals surface area contributed by atoms with Crippen LogP contribution < -0.4 is 36.4 Å². The molecule has 2 heterocycles. The number of thioether (sulfide) groups is 1. The number of urea groups is 1. The van der Waals surface area contributed by atoms with Gasteiger partial charge >= 0.3 is 6.03 Å². The summed E-state index contributed by atoms with van der Waals surface area (Å²) in [6.07, 6.45) is 1.93. The average molecular weight is 679 g/mol. The monoisotopic (exact) mass is 678 g/mol. The van der Waals surface area contributed by atoms with Crippen molar-refractivity contribution in [3.05, 3.63) is 98.6 Å². The van der Waals surface area contributed by atoms with E-state index in [9.17, 15) is 14.4 Å². The van der Waals surface area contributed by atoms with Gasteiger partial charge in [0.25, 0.3) is 10.9 Å². The van der Waals surface area contributed by atoms with Crippen molar-refractivity contribution < 1.29 is 9.53 Å². The predicted molar refractivity (Wildman–Crippen MR) is 203 cm³/mol. The lowest BCUT2D eigenvalue weighted by molar-refractivity contribution is 0.262. The van der Waals surface area contributed by atoms with Crippen LogP contribution in [0.1, 0.15) is 32.0 Å². The minimum absolute atomic E-state index is 0.187. The Balaban J connectivity index is 1.27.